The molecule has 0 atom stereocenters. The maximum Gasteiger partial charge on any atom is 0.231 e. The monoisotopic (exact) mass is 451 g/mol. The van der Waals surface area contributed by atoms with Gasteiger partial charge in [0, 0.05) is 43.8 Å². The second-order valence-corrected chi connectivity index (χ2v) is 8.87. The Morgan fingerprint density at radius 2 is 2.19 bits per heavy atom. The van der Waals surface area contributed by atoms with Crippen LogP contribution in [-0.4, -0.2) is 53.6 Å². The number of nitrogens with one attached hydrogen (secondary N) is 3. The number of benzene rings is 1. The standard InChI is InChI=1S/C22H25N7O2S/c1-30-18-11-16(29-7-2-10-32-29)3-4-17(18)26-22-27-20-19(14(12-23)13-24-20)21(28-22)25-15-5-8-31-9-6-15/h3-4,11,13,15H,2,5-10H2,1H3,(H3,24,25,26,27,28). The fourth-order valence-corrected chi connectivity index (χ4v) is 5.03. The third-order valence-corrected chi connectivity index (χ3v) is 6.86. The molecule has 2 aliphatic rings. The van der Waals surface area contributed by atoms with E-state index < -0.39 is 0 Å². The van der Waals surface area contributed by atoms with Gasteiger partial charge >= 0.3 is 0 Å². The van der Waals surface area contributed by atoms with Crippen LogP contribution < -0.4 is 19.7 Å². The number of rotatable bonds is 6. The zero-order chi connectivity index (χ0) is 21.9. The summed E-state index contributed by atoms with van der Waals surface area (Å²) in [7, 11) is 1.66. The number of anilines is 4. The van der Waals surface area contributed by atoms with Crippen molar-refractivity contribution in [2.24, 2.45) is 0 Å². The van der Waals surface area contributed by atoms with Crippen LogP contribution in [0.3, 0.4) is 0 Å². The molecule has 1 aromatic carbocycles. The fraction of sp³-hybridized carbons (Fsp3) is 0.409. The quantitative estimate of drug-likeness (QED) is 0.478. The third kappa shape index (κ3) is 4.13. The third-order valence-electron chi connectivity index (χ3n) is 5.69. The molecule has 2 saturated heterocycles. The fourth-order valence-electron chi connectivity index (χ4n) is 4.03. The van der Waals surface area contributed by atoms with Gasteiger partial charge in [0.1, 0.15) is 23.3 Å². The van der Waals surface area contributed by atoms with E-state index in [4.69, 9.17) is 14.5 Å². The smallest absolute Gasteiger partial charge is 0.231 e. The molecule has 4 heterocycles. The molecule has 5 rings (SSSR count). The lowest BCUT2D eigenvalue weighted by molar-refractivity contribution is 0.0904. The van der Waals surface area contributed by atoms with Crippen LogP contribution in [0, 0.1) is 11.3 Å². The Bertz CT molecular complexity index is 1150. The van der Waals surface area contributed by atoms with E-state index in [1.54, 1.807) is 13.3 Å². The van der Waals surface area contributed by atoms with E-state index in [0.717, 1.165) is 42.3 Å². The second kappa shape index (κ2) is 9.14. The van der Waals surface area contributed by atoms with Crippen LogP contribution in [0.5, 0.6) is 5.75 Å². The van der Waals surface area contributed by atoms with Crippen molar-refractivity contribution in [2.75, 3.05) is 47.6 Å². The molecular formula is C22H25N7O2S. The highest BCUT2D eigenvalue weighted by Crippen LogP contribution is 2.36. The van der Waals surface area contributed by atoms with Crippen LogP contribution in [0.15, 0.2) is 24.4 Å². The molecule has 166 valence electrons. The van der Waals surface area contributed by atoms with Gasteiger partial charge in [-0.1, -0.05) is 0 Å². The van der Waals surface area contributed by atoms with Crippen molar-refractivity contribution >= 4 is 46.1 Å². The minimum atomic E-state index is 0.239. The SMILES string of the molecule is COc1cc(N2CCCS2)ccc1Nc1nc(NC2CCOCC2)c2c(C#N)c[nH]c2n1. The van der Waals surface area contributed by atoms with Crippen molar-refractivity contribution in [3.63, 3.8) is 0 Å². The minimum Gasteiger partial charge on any atom is -0.494 e. The van der Waals surface area contributed by atoms with Crippen LogP contribution in [0.25, 0.3) is 11.0 Å². The summed E-state index contributed by atoms with van der Waals surface area (Å²) in [6.07, 6.45) is 4.64. The van der Waals surface area contributed by atoms with Gasteiger partial charge in [0.05, 0.1) is 29.4 Å². The molecule has 0 unspecified atom stereocenters. The number of nitrogens with zero attached hydrogens (tertiary/aromatic N) is 4. The van der Waals surface area contributed by atoms with Gasteiger partial charge in [-0.3, -0.25) is 0 Å². The van der Waals surface area contributed by atoms with Gasteiger partial charge in [0.25, 0.3) is 0 Å². The summed E-state index contributed by atoms with van der Waals surface area (Å²) < 4.78 is 13.4. The molecule has 10 heteroatoms. The van der Waals surface area contributed by atoms with E-state index in [0.29, 0.717) is 41.6 Å². The summed E-state index contributed by atoms with van der Waals surface area (Å²) in [4.78, 5) is 12.4. The summed E-state index contributed by atoms with van der Waals surface area (Å²) in [5.41, 5.74) is 3.03. The molecule has 0 saturated carbocycles. The lowest BCUT2D eigenvalue weighted by atomic mass is 10.1. The van der Waals surface area contributed by atoms with Crippen molar-refractivity contribution in [3.8, 4) is 11.8 Å². The van der Waals surface area contributed by atoms with Gasteiger partial charge in [0.15, 0.2) is 0 Å². The summed E-state index contributed by atoms with van der Waals surface area (Å²) >= 11 is 1.83. The van der Waals surface area contributed by atoms with E-state index in [1.807, 2.05) is 24.1 Å². The molecule has 0 amide bonds. The number of ether oxygens (including phenoxy) is 2. The molecule has 3 aromatic rings. The minimum absolute atomic E-state index is 0.239. The summed E-state index contributed by atoms with van der Waals surface area (Å²) in [5.74, 6) is 2.94. The van der Waals surface area contributed by atoms with Crippen LogP contribution in [0.1, 0.15) is 24.8 Å². The van der Waals surface area contributed by atoms with Crippen molar-refractivity contribution in [2.45, 2.75) is 25.3 Å². The molecule has 0 bridgehead atoms. The molecular weight excluding hydrogens is 426 g/mol. The molecule has 0 aliphatic carbocycles. The van der Waals surface area contributed by atoms with Gasteiger partial charge in [-0.25, -0.2) is 0 Å². The average Bonchev–Trinajstić information content (AvgIpc) is 3.50. The van der Waals surface area contributed by atoms with E-state index in [1.165, 1.54) is 6.42 Å². The summed E-state index contributed by atoms with van der Waals surface area (Å²) in [6, 6.07) is 8.56. The molecule has 2 aliphatic heterocycles. The Morgan fingerprint density at radius 1 is 1.31 bits per heavy atom. The summed E-state index contributed by atoms with van der Waals surface area (Å²) in [5, 5.41) is 17.0. The van der Waals surface area contributed by atoms with E-state index in [9.17, 15) is 5.26 Å². The Labute approximate surface area is 190 Å². The molecule has 2 fully saturated rings. The molecule has 0 radical (unpaired) electrons. The van der Waals surface area contributed by atoms with Gasteiger partial charge < -0.3 is 29.4 Å². The van der Waals surface area contributed by atoms with Crippen LogP contribution in [0.2, 0.25) is 0 Å². The zero-order valence-corrected chi connectivity index (χ0v) is 18.7. The maximum atomic E-state index is 9.53. The van der Waals surface area contributed by atoms with Crippen LogP contribution >= 0.6 is 11.9 Å². The largest absolute Gasteiger partial charge is 0.494 e. The first-order valence-electron chi connectivity index (χ1n) is 10.7. The van der Waals surface area contributed by atoms with Gasteiger partial charge in [-0.2, -0.15) is 15.2 Å². The number of fused-ring (bicyclic) bond motifs is 1. The second-order valence-electron chi connectivity index (χ2n) is 7.76. The average molecular weight is 452 g/mol. The maximum absolute atomic E-state index is 9.53. The number of nitriles is 1. The highest BCUT2D eigenvalue weighted by atomic mass is 32.2. The van der Waals surface area contributed by atoms with E-state index in [2.05, 4.69) is 37.0 Å². The highest BCUT2D eigenvalue weighted by Gasteiger charge is 2.20. The van der Waals surface area contributed by atoms with Gasteiger partial charge in [-0.15, -0.1) is 0 Å². The first-order chi connectivity index (χ1) is 15.7. The molecule has 9 nitrogen and oxygen atoms in total. The normalized spacial score (nSPS) is 16.8. The number of methoxy groups -OCH3 is 1. The van der Waals surface area contributed by atoms with Gasteiger partial charge in [0.2, 0.25) is 5.95 Å². The topological polar surface area (TPSA) is 111 Å². The Kier molecular flexibility index (Phi) is 5.92. The predicted octanol–water partition coefficient (Wildman–Crippen LogP) is 4.03. The van der Waals surface area contributed by atoms with E-state index in [-0.39, 0.29) is 6.04 Å². The van der Waals surface area contributed by atoms with Crippen LogP contribution in [-0.2, 0) is 4.74 Å². The lowest BCUT2D eigenvalue weighted by Crippen LogP contribution is -2.28. The molecule has 2 aromatic heterocycles. The number of hydrogen-bond donors (Lipinski definition) is 3. The number of aromatic nitrogens is 3. The molecule has 32 heavy (non-hydrogen) atoms. The predicted molar refractivity (Wildman–Crippen MR) is 127 cm³/mol. The highest BCUT2D eigenvalue weighted by molar-refractivity contribution is 8.00. The van der Waals surface area contributed by atoms with Crippen molar-refractivity contribution in [1.29, 1.82) is 5.26 Å². The first kappa shape index (κ1) is 20.7. The Morgan fingerprint density at radius 3 is 2.94 bits per heavy atom. The number of aromatic amines is 1. The first-order valence-corrected chi connectivity index (χ1v) is 11.7. The summed E-state index contributed by atoms with van der Waals surface area (Å²) in [6.45, 7) is 2.47. The molecule has 3 N–H and O–H groups in total. The Hall–Kier alpha value is -3.16. The van der Waals surface area contributed by atoms with Crippen molar-refractivity contribution < 1.29 is 9.47 Å². The van der Waals surface area contributed by atoms with Crippen molar-refractivity contribution in [3.05, 3.63) is 30.0 Å². The molecule has 0 spiro atoms. The Balaban J connectivity index is 1.47. The number of hydrogen-bond acceptors (Lipinski definition) is 9. The zero-order valence-electron chi connectivity index (χ0n) is 17.9. The lowest BCUT2D eigenvalue weighted by Gasteiger charge is -2.24. The van der Waals surface area contributed by atoms with Crippen LogP contribution in [0.4, 0.5) is 23.1 Å². The van der Waals surface area contributed by atoms with Gasteiger partial charge in [-0.05, 0) is 43.3 Å². The van der Waals surface area contributed by atoms with Crippen molar-refractivity contribution in [1.82, 2.24) is 15.0 Å². The number of H-pyrrole nitrogens is 1. The van der Waals surface area contributed by atoms with E-state index >= 15 is 0 Å².